The molecule has 0 radical (unpaired) electrons. The van der Waals surface area contributed by atoms with Crippen LogP contribution in [-0.4, -0.2) is 19.7 Å². The molecule has 0 bridgehead atoms. The lowest BCUT2D eigenvalue weighted by Crippen LogP contribution is -1.90. The minimum atomic E-state index is -0.619. The van der Waals surface area contributed by atoms with Gasteiger partial charge in [0.15, 0.2) is 0 Å². The molecule has 6 nitrogen and oxygen atoms in total. The number of hydrogen-bond acceptors (Lipinski definition) is 4. The summed E-state index contributed by atoms with van der Waals surface area (Å²) in [4.78, 5) is 13.9. The summed E-state index contributed by atoms with van der Waals surface area (Å²) in [7, 11) is 1.73. The van der Waals surface area contributed by atoms with Crippen LogP contribution in [-0.2, 0) is 7.05 Å². The van der Waals surface area contributed by atoms with Crippen LogP contribution in [0.2, 0.25) is 0 Å². The van der Waals surface area contributed by atoms with Crippen LogP contribution in [0.4, 0.5) is 10.1 Å². The first-order valence-corrected chi connectivity index (χ1v) is 5.79. The molecular weight excluding hydrogens is 263 g/mol. The fourth-order valence-electron chi connectivity index (χ4n) is 2.13. The zero-order valence-corrected chi connectivity index (χ0v) is 10.4. The number of halogens is 1. The molecule has 100 valence electrons. The first kappa shape index (κ1) is 12.2. The summed E-state index contributed by atoms with van der Waals surface area (Å²) >= 11 is 0. The molecule has 20 heavy (non-hydrogen) atoms. The summed E-state index contributed by atoms with van der Waals surface area (Å²) in [6, 6.07) is 7.35. The zero-order valence-electron chi connectivity index (χ0n) is 10.4. The lowest BCUT2D eigenvalue weighted by Gasteiger charge is -1.97. The Labute approximate surface area is 112 Å². The molecule has 2 heterocycles. The summed E-state index contributed by atoms with van der Waals surface area (Å²) in [6.07, 6.45) is 1.34. The third kappa shape index (κ3) is 1.89. The van der Waals surface area contributed by atoms with Crippen molar-refractivity contribution in [3.05, 3.63) is 52.6 Å². The van der Waals surface area contributed by atoms with Gasteiger partial charge in [-0.3, -0.25) is 14.8 Å². The van der Waals surface area contributed by atoms with Gasteiger partial charge in [-0.15, -0.1) is 0 Å². The van der Waals surface area contributed by atoms with Crippen LogP contribution in [0.3, 0.4) is 0 Å². The van der Waals surface area contributed by atoms with Gasteiger partial charge in [0.1, 0.15) is 5.69 Å². The smallest absolute Gasteiger partial charge is 0.267 e. The Bertz CT molecular complexity index is 828. The monoisotopic (exact) mass is 272 g/mol. The molecular formula is C13H9FN4O2. The average molecular weight is 272 g/mol. The highest BCUT2D eigenvalue weighted by Gasteiger charge is 2.15. The molecule has 3 aromatic rings. The molecule has 1 aromatic carbocycles. The summed E-state index contributed by atoms with van der Waals surface area (Å²) in [5, 5.41) is 15.8. The van der Waals surface area contributed by atoms with E-state index < -0.39 is 10.9 Å². The number of benzene rings is 1. The van der Waals surface area contributed by atoms with Gasteiger partial charge in [-0.05, 0) is 12.1 Å². The predicted octanol–water partition coefficient (Wildman–Crippen LogP) is 2.68. The molecule has 0 spiro atoms. The average Bonchev–Trinajstić information content (AvgIpc) is 2.76. The summed E-state index contributed by atoms with van der Waals surface area (Å²) in [5.41, 5.74) is 1.74. The van der Waals surface area contributed by atoms with Gasteiger partial charge in [0.05, 0.1) is 10.4 Å². The van der Waals surface area contributed by atoms with Gasteiger partial charge in [0, 0.05) is 42.4 Å². The number of nitro groups is 1. The molecule has 0 atom stereocenters. The number of rotatable bonds is 2. The second-order valence-corrected chi connectivity index (χ2v) is 4.30. The van der Waals surface area contributed by atoms with E-state index in [1.807, 2.05) is 0 Å². The quantitative estimate of drug-likeness (QED) is 0.408. The Morgan fingerprint density at radius 2 is 2.10 bits per heavy atom. The number of hydrogen-bond donors (Lipinski definition) is 0. The highest BCUT2D eigenvalue weighted by Crippen LogP contribution is 2.30. The Hall–Kier alpha value is -2.83. The lowest BCUT2D eigenvalue weighted by molar-refractivity contribution is -0.384. The van der Waals surface area contributed by atoms with Crippen molar-refractivity contribution in [2.45, 2.75) is 0 Å². The SMILES string of the molecule is Cn1nc(-c2ccnc(F)c2)c2cc([N+](=O)[O-])ccc21. The van der Waals surface area contributed by atoms with Gasteiger partial charge in [-0.1, -0.05) is 0 Å². The molecule has 0 aliphatic rings. The van der Waals surface area contributed by atoms with E-state index in [4.69, 9.17) is 0 Å². The third-order valence-electron chi connectivity index (χ3n) is 3.04. The Morgan fingerprint density at radius 3 is 2.80 bits per heavy atom. The highest BCUT2D eigenvalue weighted by atomic mass is 19.1. The Kier molecular flexibility index (Phi) is 2.67. The van der Waals surface area contributed by atoms with Crippen LogP contribution in [0.1, 0.15) is 0 Å². The van der Waals surface area contributed by atoms with E-state index in [1.165, 1.54) is 24.4 Å². The maximum atomic E-state index is 13.2. The van der Waals surface area contributed by atoms with Crippen molar-refractivity contribution in [2.24, 2.45) is 7.05 Å². The van der Waals surface area contributed by atoms with E-state index in [-0.39, 0.29) is 5.69 Å². The van der Waals surface area contributed by atoms with E-state index in [1.54, 1.807) is 23.9 Å². The molecule has 0 unspecified atom stereocenters. The fraction of sp³-hybridized carbons (Fsp3) is 0.0769. The van der Waals surface area contributed by atoms with Crippen LogP contribution in [0.15, 0.2) is 36.5 Å². The maximum Gasteiger partial charge on any atom is 0.270 e. The number of aromatic nitrogens is 3. The minimum Gasteiger partial charge on any atom is -0.267 e. The van der Waals surface area contributed by atoms with Gasteiger partial charge in [0.2, 0.25) is 5.95 Å². The van der Waals surface area contributed by atoms with E-state index >= 15 is 0 Å². The number of nitrogens with zero attached hydrogens (tertiary/aromatic N) is 4. The van der Waals surface area contributed by atoms with Crippen LogP contribution in [0.5, 0.6) is 0 Å². The minimum absolute atomic E-state index is 0.0266. The molecule has 7 heteroatoms. The fourth-order valence-corrected chi connectivity index (χ4v) is 2.13. The van der Waals surface area contributed by atoms with Gasteiger partial charge in [0.25, 0.3) is 5.69 Å². The number of pyridine rings is 1. The van der Waals surface area contributed by atoms with Gasteiger partial charge in [-0.25, -0.2) is 4.98 Å². The standard InChI is InChI=1S/C13H9FN4O2/c1-17-11-3-2-9(18(19)20)7-10(11)13(16-17)8-4-5-15-12(14)6-8/h2-7H,1H3. The molecule has 0 fully saturated rings. The van der Waals surface area contributed by atoms with Crippen molar-refractivity contribution >= 4 is 16.6 Å². The summed E-state index contributed by atoms with van der Waals surface area (Å²) in [6.45, 7) is 0. The predicted molar refractivity (Wildman–Crippen MR) is 70.6 cm³/mol. The Balaban J connectivity index is 2.30. The largest absolute Gasteiger partial charge is 0.270 e. The summed E-state index contributed by atoms with van der Waals surface area (Å²) < 4.78 is 14.8. The maximum absolute atomic E-state index is 13.2. The summed E-state index contributed by atoms with van der Waals surface area (Å²) in [5.74, 6) is -0.619. The van der Waals surface area contributed by atoms with Gasteiger partial charge < -0.3 is 0 Å². The van der Waals surface area contributed by atoms with Gasteiger partial charge in [-0.2, -0.15) is 9.49 Å². The highest BCUT2D eigenvalue weighted by molar-refractivity contribution is 5.94. The molecule has 2 aromatic heterocycles. The molecule has 0 saturated heterocycles. The van der Waals surface area contributed by atoms with Crippen LogP contribution < -0.4 is 0 Å². The van der Waals surface area contributed by atoms with Crippen molar-refractivity contribution in [3.63, 3.8) is 0 Å². The first-order valence-electron chi connectivity index (χ1n) is 5.79. The third-order valence-corrected chi connectivity index (χ3v) is 3.04. The van der Waals surface area contributed by atoms with E-state index in [9.17, 15) is 14.5 Å². The molecule has 0 amide bonds. The first-order chi connectivity index (χ1) is 9.56. The number of non-ortho nitro benzene ring substituents is 1. The number of aryl methyl sites for hydroxylation is 1. The topological polar surface area (TPSA) is 73.8 Å². The molecule has 0 N–H and O–H groups in total. The van der Waals surface area contributed by atoms with Crippen molar-refractivity contribution in [1.82, 2.24) is 14.8 Å². The normalized spacial score (nSPS) is 10.9. The van der Waals surface area contributed by atoms with Crippen LogP contribution >= 0.6 is 0 Å². The van der Waals surface area contributed by atoms with E-state index in [2.05, 4.69) is 10.1 Å². The molecule has 0 saturated carbocycles. The van der Waals surface area contributed by atoms with Crippen molar-refractivity contribution in [1.29, 1.82) is 0 Å². The van der Waals surface area contributed by atoms with Crippen molar-refractivity contribution in [3.8, 4) is 11.3 Å². The lowest BCUT2D eigenvalue weighted by atomic mass is 10.1. The molecule has 0 aliphatic carbocycles. The van der Waals surface area contributed by atoms with Crippen molar-refractivity contribution in [2.75, 3.05) is 0 Å². The second-order valence-electron chi connectivity index (χ2n) is 4.30. The number of fused-ring (bicyclic) bond motifs is 1. The van der Waals surface area contributed by atoms with E-state index in [0.29, 0.717) is 16.6 Å². The molecule has 0 aliphatic heterocycles. The molecule has 3 rings (SSSR count). The second kappa shape index (κ2) is 4.37. The zero-order chi connectivity index (χ0) is 14.3. The van der Waals surface area contributed by atoms with E-state index in [0.717, 1.165) is 5.52 Å². The van der Waals surface area contributed by atoms with Crippen LogP contribution in [0.25, 0.3) is 22.2 Å². The Morgan fingerprint density at radius 1 is 1.30 bits per heavy atom. The van der Waals surface area contributed by atoms with Gasteiger partial charge >= 0.3 is 0 Å². The number of nitro benzene ring substituents is 1. The van der Waals surface area contributed by atoms with Crippen LogP contribution in [0, 0.1) is 16.1 Å². The van der Waals surface area contributed by atoms with Crippen molar-refractivity contribution < 1.29 is 9.31 Å².